The molecule has 0 amide bonds. The third kappa shape index (κ3) is 3.05. The van der Waals surface area contributed by atoms with Crippen LogP contribution in [0.5, 0.6) is 0 Å². The number of nitrogens with zero attached hydrogens (tertiary/aromatic N) is 2. The Hall–Kier alpha value is -1.38. The Morgan fingerprint density at radius 3 is 2.81 bits per heavy atom. The van der Waals surface area contributed by atoms with Crippen molar-refractivity contribution in [3.05, 3.63) is 23.9 Å². The van der Waals surface area contributed by atoms with Gasteiger partial charge in [-0.2, -0.15) is 0 Å². The van der Waals surface area contributed by atoms with E-state index < -0.39 is 0 Å². The topological polar surface area (TPSA) is 33.2 Å². The molecule has 0 fully saturated rings. The van der Waals surface area contributed by atoms with Gasteiger partial charge in [-0.1, -0.05) is 20.3 Å². The van der Waals surface area contributed by atoms with Crippen molar-refractivity contribution in [3.8, 4) is 0 Å². The van der Waals surface area contributed by atoms with Crippen LogP contribution in [-0.2, 0) is 0 Å². The number of aldehydes is 1. The Kier molecular flexibility index (Phi) is 4.96. The zero-order valence-corrected chi connectivity index (χ0v) is 10.3. The molecule has 88 valence electrons. The Morgan fingerprint density at radius 2 is 2.25 bits per heavy atom. The van der Waals surface area contributed by atoms with E-state index in [9.17, 15) is 4.79 Å². The van der Waals surface area contributed by atoms with Crippen molar-refractivity contribution in [3.63, 3.8) is 0 Å². The lowest BCUT2D eigenvalue weighted by molar-refractivity contribution is 0.112. The predicted octanol–water partition coefficient (Wildman–Crippen LogP) is 2.77. The van der Waals surface area contributed by atoms with Crippen molar-refractivity contribution in [2.75, 3.05) is 18.0 Å². The molecular formula is C13H20N2O. The molecule has 1 aromatic rings. The van der Waals surface area contributed by atoms with E-state index >= 15 is 0 Å². The second kappa shape index (κ2) is 6.26. The molecule has 1 heterocycles. The summed E-state index contributed by atoms with van der Waals surface area (Å²) >= 11 is 0. The minimum absolute atomic E-state index is 0.612. The predicted molar refractivity (Wildman–Crippen MR) is 67.0 cm³/mol. The molecule has 0 spiro atoms. The minimum atomic E-state index is 0.612. The van der Waals surface area contributed by atoms with Gasteiger partial charge in [0.15, 0.2) is 6.29 Å². The van der Waals surface area contributed by atoms with Crippen LogP contribution >= 0.6 is 0 Å². The lowest BCUT2D eigenvalue weighted by atomic mass is 10.1. The number of hydrogen-bond donors (Lipinski definition) is 0. The lowest BCUT2D eigenvalue weighted by Crippen LogP contribution is -2.29. The zero-order chi connectivity index (χ0) is 12.0. The summed E-state index contributed by atoms with van der Waals surface area (Å²) in [4.78, 5) is 17.4. The standard InChI is InChI=1S/C13H20N2O/c1-4-11(3)9-15(5-2)13-12(10-16)7-6-8-14-13/h6-8,10-11H,4-5,9H2,1-3H3. The number of pyridine rings is 1. The van der Waals surface area contributed by atoms with Crippen molar-refractivity contribution in [1.29, 1.82) is 0 Å². The Bertz CT molecular complexity index is 338. The SMILES string of the molecule is CCC(C)CN(CC)c1ncccc1C=O. The molecule has 0 saturated heterocycles. The molecule has 1 unspecified atom stereocenters. The molecule has 1 atom stereocenters. The first kappa shape index (κ1) is 12.7. The summed E-state index contributed by atoms with van der Waals surface area (Å²) in [6.07, 6.45) is 3.75. The van der Waals surface area contributed by atoms with Crippen LogP contribution in [0.4, 0.5) is 5.82 Å². The van der Waals surface area contributed by atoms with E-state index in [2.05, 4.69) is 30.7 Å². The van der Waals surface area contributed by atoms with Crippen molar-refractivity contribution in [2.24, 2.45) is 5.92 Å². The molecule has 0 bridgehead atoms. The third-order valence-electron chi connectivity index (χ3n) is 2.85. The second-order valence-corrected chi connectivity index (χ2v) is 4.09. The summed E-state index contributed by atoms with van der Waals surface area (Å²) in [7, 11) is 0. The first-order chi connectivity index (χ1) is 7.72. The highest BCUT2D eigenvalue weighted by Gasteiger charge is 2.12. The van der Waals surface area contributed by atoms with Gasteiger partial charge in [-0.25, -0.2) is 4.98 Å². The molecule has 0 aliphatic heterocycles. The lowest BCUT2D eigenvalue weighted by Gasteiger charge is -2.25. The molecule has 3 nitrogen and oxygen atoms in total. The summed E-state index contributed by atoms with van der Waals surface area (Å²) < 4.78 is 0. The quantitative estimate of drug-likeness (QED) is 0.691. The Morgan fingerprint density at radius 1 is 1.50 bits per heavy atom. The van der Waals surface area contributed by atoms with Crippen molar-refractivity contribution < 1.29 is 4.79 Å². The highest BCUT2D eigenvalue weighted by Crippen LogP contribution is 2.17. The summed E-state index contributed by atoms with van der Waals surface area (Å²) in [6, 6.07) is 3.61. The highest BCUT2D eigenvalue weighted by atomic mass is 16.1. The average molecular weight is 220 g/mol. The van der Waals surface area contributed by atoms with E-state index in [1.54, 1.807) is 12.3 Å². The van der Waals surface area contributed by atoms with Gasteiger partial charge >= 0.3 is 0 Å². The van der Waals surface area contributed by atoms with Crippen LogP contribution in [0.25, 0.3) is 0 Å². The number of rotatable bonds is 6. The highest BCUT2D eigenvalue weighted by molar-refractivity contribution is 5.82. The van der Waals surface area contributed by atoms with E-state index in [-0.39, 0.29) is 0 Å². The molecule has 1 rings (SSSR count). The van der Waals surface area contributed by atoms with Crippen LogP contribution in [0.15, 0.2) is 18.3 Å². The fourth-order valence-corrected chi connectivity index (χ4v) is 1.64. The van der Waals surface area contributed by atoms with Gasteiger partial charge in [0.25, 0.3) is 0 Å². The zero-order valence-electron chi connectivity index (χ0n) is 10.3. The first-order valence-corrected chi connectivity index (χ1v) is 5.88. The average Bonchev–Trinajstić information content (AvgIpc) is 2.35. The largest absolute Gasteiger partial charge is 0.356 e. The van der Waals surface area contributed by atoms with Crippen molar-refractivity contribution >= 4 is 12.1 Å². The van der Waals surface area contributed by atoms with Crippen LogP contribution in [-0.4, -0.2) is 24.4 Å². The van der Waals surface area contributed by atoms with Crippen molar-refractivity contribution in [2.45, 2.75) is 27.2 Å². The molecule has 0 aromatic carbocycles. The number of hydrogen-bond acceptors (Lipinski definition) is 3. The van der Waals surface area contributed by atoms with E-state index in [0.717, 1.165) is 31.6 Å². The monoisotopic (exact) mass is 220 g/mol. The first-order valence-electron chi connectivity index (χ1n) is 5.88. The molecular weight excluding hydrogens is 200 g/mol. The number of anilines is 1. The van der Waals surface area contributed by atoms with Gasteiger partial charge in [0.05, 0.1) is 5.56 Å². The Labute approximate surface area is 97.5 Å². The summed E-state index contributed by atoms with van der Waals surface area (Å²) in [5, 5.41) is 0. The van der Waals surface area contributed by atoms with Gasteiger partial charge in [-0.3, -0.25) is 4.79 Å². The van der Waals surface area contributed by atoms with Gasteiger partial charge in [-0.15, -0.1) is 0 Å². The maximum absolute atomic E-state index is 10.9. The fourth-order valence-electron chi connectivity index (χ4n) is 1.64. The van der Waals surface area contributed by atoms with Crippen LogP contribution in [0.2, 0.25) is 0 Å². The molecule has 0 aliphatic carbocycles. The van der Waals surface area contributed by atoms with Gasteiger partial charge in [0.1, 0.15) is 5.82 Å². The van der Waals surface area contributed by atoms with Gasteiger partial charge in [-0.05, 0) is 25.0 Å². The molecule has 0 radical (unpaired) electrons. The van der Waals surface area contributed by atoms with Crippen molar-refractivity contribution in [1.82, 2.24) is 4.98 Å². The normalized spacial score (nSPS) is 12.2. The number of aromatic nitrogens is 1. The summed E-state index contributed by atoms with van der Waals surface area (Å²) in [6.45, 7) is 8.31. The maximum atomic E-state index is 10.9. The van der Waals surface area contributed by atoms with Crippen LogP contribution in [0, 0.1) is 5.92 Å². The van der Waals surface area contributed by atoms with E-state index in [1.807, 2.05) is 6.07 Å². The van der Waals surface area contributed by atoms with Gasteiger partial charge in [0.2, 0.25) is 0 Å². The molecule has 0 N–H and O–H groups in total. The van der Waals surface area contributed by atoms with Gasteiger partial charge in [0, 0.05) is 19.3 Å². The fraction of sp³-hybridized carbons (Fsp3) is 0.538. The molecule has 0 aliphatic rings. The second-order valence-electron chi connectivity index (χ2n) is 4.09. The van der Waals surface area contributed by atoms with Crippen LogP contribution in [0.3, 0.4) is 0 Å². The molecule has 0 saturated carbocycles. The maximum Gasteiger partial charge on any atom is 0.153 e. The minimum Gasteiger partial charge on any atom is -0.356 e. The van der Waals surface area contributed by atoms with Gasteiger partial charge < -0.3 is 4.90 Å². The molecule has 1 aromatic heterocycles. The van der Waals surface area contributed by atoms with Crippen LogP contribution in [0.1, 0.15) is 37.6 Å². The number of carbonyl (C=O) groups is 1. The smallest absolute Gasteiger partial charge is 0.153 e. The molecule has 16 heavy (non-hydrogen) atoms. The third-order valence-corrected chi connectivity index (χ3v) is 2.85. The molecule has 3 heteroatoms. The van der Waals surface area contributed by atoms with E-state index in [0.29, 0.717) is 11.5 Å². The Balaban J connectivity index is 2.89. The van der Waals surface area contributed by atoms with Crippen LogP contribution < -0.4 is 4.90 Å². The van der Waals surface area contributed by atoms with E-state index in [1.165, 1.54) is 0 Å². The van der Waals surface area contributed by atoms with E-state index in [4.69, 9.17) is 0 Å². The number of carbonyl (C=O) groups excluding carboxylic acids is 1. The summed E-state index contributed by atoms with van der Waals surface area (Å²) in [5.74, 6) is 1.42. The summed E-state index contributed by atoms with van der Waals surface area (Å²) in [5.41, 5.74) is 0.674.